The Kier molecular flexibility index (Phi) is 8.47. The molecule has 0 radical (unpaired) electrons. The third-order valence-corrected chi connectivity index (χ3v) is 7.49. The number of carbonyl (C=O) groups is 2. The van der Waals surface area contributed by atoms with E-state index in [1.807, 2.05) is 48.7 Å². The molecule has 3 aromatic carbocycles. The summed E-state index contributed by atoms with van der Waals surface area (Å²) in [5.41, 5.74) is 3.14. The zero-order chi connectivity index (χ0) is 28.8. The molecule has 1 aliphatic carbocycles. The number of unbranched alkanes of at least 4 members (excludes halogenated alkanes) is 1. The Morgan fingerprint density at radius 2 is 1.56 bits per heavy atom. The third-order valence-electron chi connectivity index (χ3n) is 7.49. The largest absolute Gasteiger partial charge is 0.493 e. The van der Waals surface area contributed by atoms with Gasteiger partial charge in [-0.05, 0) is 91.8 Å². The van der Waals surface area contributed by atoms with Crippen LogP contribution in [-0.4, -0.2) is 30.5 Å². The Balaban J connectivity index is 1.20. The summed E-state index contributed by atoms with van der Waals surface area (Å²) >= 11 is 0. The lowest BCUT2D eigenvalue weighted by Gasteiger charge is -2.16. The second kappa shape index (κ2) is 12.4. The van der Waals surface area contributed by atoms with Crippen molar-refractivity contribution < 1.29 is 23.5 Å². The van der Waals surface area contributed by atoms with Crippen LogP contribution in [0.3, 0.4) is 0 Å². The van der Waals surface area contributed by atoms with Gasteiger partial charge in [-0.2, -0.15) is 0 Å². The highest BCUT2D eigenvalue weighted by Crippen LogP contribution is 2.47. The first-order chi connectivity index (χ1) is 19.9. The van der Waals surface area contributed by atoms with E-state index in [9.17, 15) is 14.0 Å². The number of hydrogen-bond acceptors (Lipinski definition) is 5. The summed E-state index contributed by atoms with van der Waals surface area (Å²) in [6, 6.07) is 19.1. The van der Waals surface area contributed by atoms with Crippen LogP contribution in [0.5, 0.6) is 11.5 Å². The van der Waals surface area contributed by atoms with Crippen LogP contribution in [0.2, 0.25) is 0 Å². The second-order valence-corrected chi connectivity index (χ2v) is 10.4. The summed E-state index contributed by atoms with van der Waals surface area (Å²) in [5, 5.41) is 6.65. The molecule has 8 heteroatoms. The molecule has 0 bridgehead atoms. The van der Waals surface area contributed by atoms with Crippen LogP contribution in [-0.2, 0) is 22.4 Å². The Hall–Kier alpha value is -4.46. The van der Waals surface area contributed by atoms with Crippen LogP contribution in [0.25, 0.3) is 10.9 Å². The normalized spacial score (nSPS) is 13.4. The van der Waals surface area contributed by atoms with Crippen LogP contribution in [0.1, 0.15) is 43.7 Å². The molecule has 5 rings (SSSR count). The number of rotatable bonds is 12. The van der Waals surface area contributed by atoms with Gasteiger partial charge in [0, 0.05) is 29.0 Å². The lowest BCUT2D eigenvalue weighted by atomic mass is 10.0. The van der Waals surface area contributed by atoms with Crippen LogP contribution >= 0.6 is 0 Å². The van der Waals surface area contributed by atoms with E-state index in [0.717, 1.165) is 47.7 Å². The molecule has 1 aliphatic rings. The molecule has 212 valence electrons. The summed E-state index contributed by atoms with van der Waals surface area (Å²) in [5.74, 6) is 0.306. The number of nitrogens with zero attached hydrogens (tertiary/aromatic N) is 1. The summed E-state index contributed by atoms with van der Waals surface area (Å²) < 4.78 is 24.7. The first-order valence-electron chi connectivity index (χ1n) is 14.0. The second-order valence-electron chi connectivity index (χ2n) is 10.4. The lowest BCUT2D eigenvalue weighted by Crippen LogP contribution is -2.35. The number of methoxy groups -OCH3 is 1. The number of nitrogens with one attached hydrogen (secondary N) is 2. The molecule has 4 aromatic rings. The van der Waals surface area contributed by atoms with Gasteiger partial charge in [-0.1, -0.05) is 25.5 Å². The van der Waals surface area contributed by atoms with Gasteiger partial charge < -0.3 is 20.1 Å². The van der Waals surface area contributed by atoms with E-state index < -0.39 is 5.41 Å². The smallest absolute Gasteiger partial charge is 0.240 e. The molecule has 1 heterocycles. The molecule has 2 N–H and O–H groups in total. The van der Waals surface area contributed by atoms with Gasteiger partial charge in [0.2, 0.25) is 11.8 Å². The molecule has 7 nitrogen and oxygen atoms in total. The average Bonchev–Trinajstić information content (AvgIpc) is 3.80. The van der Waals surface area contributed by atoms with E-state index in [2.05, 4.69) is 22.5 Å². The van der Waals surface area contributed by atoms with Gasteiger partial charge in [-0.3, -0.25) is 14.6 Å². The van der Waals surface area contributed by atoms with Gasteiger partial charge in [0.15, 0.2) is 11.5 Å². The Bertz CT molecular complexity index is 1530. The molecule has 0 spiro atoms. The minimum Gasteiger partial charge on any atom is -0.493 e. The number of halogens is 1. The first-order valence-corrected chi connectivity index (χ1v) is 14.0. The first kappa shape index (κ1) is 28.1. The number of hydrogen-bond donors (Lipinski definition) is 2. The van der Waals surface area contributed by atoms with E-state index in [0.29, 0.717) is 42.3 Å². The predicted molar refractivity (Wildman–Crippen MR) is 158 cm³/mol. The number of amides is 2. The van der Waals surface area contributed by atoms with Crippen molar-refractivity contribution in [2.45, 2.75) is 45.4 Å². The number of ether oxygens (including phenoxy) is 2. The number of aryl methyl sites for hydroxylation is 2. The number of pyridine rings is 1. The van der Waals surface area contributed by atoms with Crippen molar-refractivity contribution in [1.29, 1.82) is 0 Å². The number of aromatic nitrogens is 1. The minimum absolute atomic E-state index is 0.333. The predicted octanol–water partition coefficient (Wildman–Crippen LogP) is 6.70. The SMILES string of the molecule is CCCCOc1cc2nccc(CCc3ccc(NC(=O)C4(C(=O)Nc5ccc(F)cc5)CC4)cc3)c2cc1OC. The standard InChI is InChI=1S/C33H34FN3O4/c1-3-4-19-41-30-21-28-27(20-29(30)40-2)23(15-18-35-28)8-5-22-6-11-25(12-7-22)36-31(38)33(16-17-33)32(39)37-26-13-9-24(34)10-14-26/h6-7,9-15,18,20-21H,3-5,8,16-17,19H2,1-2H3,(H,36,38)(H,37,39). The maximum atomic E-state index is 13.2. The number of benzene rings is 3. The van der Waals surface area contributed by atoms with E-state index in [-0.39, 0.29) is 17.6 Å². The topological polar surface area (TPSA) is 89.5 Å². The molecule has 1 aromatic heterocycles. The van der Waals surface area contributed by atoms with Crippen LogP contribution in [0, 0.1) is 11.2 Å². The fourth-order valence-corrected chi connectivity index (χ4v) is 4.78. The molecule has 1 fully saturated rings. The van der Waals surface area contributed by atoms with Gasteiger partial charge in [0.1, 0.15) is 11.2 Å². The summed E-state index contributed by atoms with van der Waals surface area (Å²) in [4.78, 5) is 30.4. The number of fused-ring (bicyclic) bond motifs is 1. The van der Waals surface area contributed by atoms with E-state index in [1.54, 1.807) is 7.11 Å². The van der Waals surface area contributed by atoms with Crippen molar-refractivity contribution in [3.63, 3.8) is 0 Å². The molecule has 0 unspecified atom stereocenters. The highest BCUT2D eigenvalue weighted by atomic mass is 19.1. The molecule has 0 aliphatic heterocycles. The zero-order valence-electron chi connectivity index (χ0n) is 23.3. The van der Waals surface area contributed by atoms with Crippen molar-refractivity contribution in [3.8, 4) is 11.5 Å². The number of anilines is 2. The van der Waals surface area contributed by atoms with Gasteiger partial charge in [-0.15, -0.1) is 0 Å². The Morgan fingerprint density at radius 1 is 0.902 bits per heavy atom. The molecule has 41 heavy (non-hydrogen) atoms. The Labute approximate surface area is 239 Å². The fraction of sp³-hybridized carbons (Fsp3) is 0.303. The number of carbonyl (C=O) groups excluding carboxylic acids is 2. The van der Waals surface area contributed by atoms with E-state index in [4.69, 9.17) is 9.47 Å². The van der Waals surface area contributed by atoms with Crippen molar-refractivity contribution in [3.05, 3.63) is 89.9 Å². The maximum absolute atomic E-state index is 13.2. The maximum Gasteiger partial charge on any atom is 0.240 e. The zero-order valence-corrected chi connectivity index (χ0v) is 23.3. The van der Waals surface area contributed by atoms with Crippen molar-refractivity contribution in [1.82, 2.24) is 4.98 Å². The third kappa shape index (κ3) is 6.48. The lowest BCUT2D eigenvalue weighted by molar-refractivity contribution is -0.131. The van der Waals surface area contributed by atoms with Gasteiger partial charge >= 0.3 is 0 Å². The summed E-state index contributed by atoms with van der Waals surface area (Å²) in [6.07, 6.45) is 6.40. The monoisotopic (exact) mass is 555 g/mol. The van der Waals surface area contributed by atoms with Crippen LogP contribution in [0.4, 0.5) is 15.8 Å². The van der Waals surface area contributed by atoms with Crippen LogP contribution < -0.4 is 20.1 Å². The van der Waals surface area contributed by atoms with Gasteiger partial charge in [0.05, 0.1) is 19.2 Å². The van der Waals surface area contributed by atoms with Gasteiger partial charge in [-0.25, -0.2) is 4.39 Å². The van der Waals surface area contributed by atoms with Crippen molar-refractivity contribution >= 4 is 34.1 Å². The van der Waals surface area contributed by atoms with E-state index in [1.165, 1.54) is 24.3 Å². The van der Waals surface area contributed by atoms with Gasteiger partial charge in [0.25, 0.3) is 0 Å². The molecular weight excluding hydrogens is 521 g/mol. The minimum atomic E-state index is -1.10. The van der Waals surface area contributed by atoms with E-state index >= 15 is 0 Å². The molecule has 2 amide bonds. The summed E-state index contributed by atoms with van der Waals surface area (Å²) in [7, 11) is 1.65. The molecule has 0 saturated heterocycles. The summed E-state index contributed by atoms with van der Waals surface area (Å²) in [6.45, 7) is 2.76. The van der Waals surface area contributed by atoms with Crippen molar-refractivity contribution in [2.24, 2.45) is 5.41 Å². The molecule has 0 atom stereocenters. The average molecular weight is 556 g/mol. The Morgan fingerprint density at radius 3 is 2.17 bits per heavy atom. The molecule has 1 saturated carbocycles. The molecular formula is C33H34FN3O4. The fourth-order valence-electron chi connectivity index (χ4n) is 4.78. The highest BCUT2D eigenvalue weighted by molar-refractivity contribution is 6.16. The van der Waals surface area contributed by atoms with Crippen LogP contribution in [0.15, 0.2) is 72.9 Å². The quantitative estimate of drug-likeness (QED) is 0.150. The highest BCUT2D eigenvalue weighted by Gasteiger charge is 2.56. The van der Waals surface area contributed by atoms with Crippen molar-refractivity contribution in [2.75, 3.05) is 24.4 Å².